The number of nitrogens with zero attached hydrogens (tertiary/aromatic N) is 4. The maximum atomic E-state index is 6.60. The lowest BCUT2D eigenvalue weighted by Crippen LogP contribution is -2.07. The molecule has 2 heterocycles. The van der Waals surface area contributed by atoms with Crippen molar-refractivity contribution in [3.8, 4) is 27.6 Å². The van der Waals surface area contributed by atoms with E-state index >= 15 is 0 Å². The zero-order valence-electron chi connectivity index (χ0n) is 18.7. The third-order valence-electron chi connectivity index (χ3n) is 6.49. The summed E-state index contributed by atoms with van der Waals surface area (Å²) in [6.07, 6.45) is 2.16. The Morgan fingerprint density at radius 1 is 0.857 bits per heavy atom. The Labute approximate surface area is 222 Å². The predicted molar refractivity (Wildman–Crippen MR) is 144 cm³/mol. The van der Waals surface area contributed by atoms with Gasteiger partial charge in [0, 0.05) is 26.6 Å². The molecule has 1 saturated carbocycles. The first kappa shape index (κ1) is 22.7. The van der Waals surface area contributed by atoms with Crippen LogP contribution in [0.2, 0.25) is 15.1 Å². The van der Waals surface area contributed by atoms with Gasteiger partial charge in [0.2, 0.25) is 0 Å². The average molecular weight is 538 g/mol. The molecule has 1 aliphatic rings. The van der Waals surface area contributed by atoms with E-state index in [-0.39, 0.29) is 5.41 Å². The summed E-state index contributed by atoms with van der Waals surface area (Å²) in [6, 6.07) is 23.7. The van der Waals surface area contributed by atoms with Crippen LogP contribution in [0.1, 0.15) is 29.0 Å². The van der Waals surface area contributed by atoms with Gasteiger partial charge in [-0.05, 0) is 55.7 Å². The van der Waals surface area contributed by atoms with Crippen LogP contribution in [-0.2, 0) is 5.41 Å². The fraction of sp³-hybridized carbons (Fsp3) is 0.148. The molecule has 0 unspecified atom stereocenters. The van der Waals surface area contributed by atoms with Gasteiger partial charge in [0.15, 0.2) is 5.01 Å². The Bertz CT molecular complexity index is 1540. The Kier molecular flexibility index (Phi) is 5.69. The van der Waals surface area contributed by atoms with Crippen molar-refractivity contribution in [3.05, 3.63) is 104 Å². The molecule has 1 aliphatic carbocycles. The number of rotatable bonds is 5. The van der Waals surface area contributed by atoms with E-state index in [1.165, 1.54) is 5.56 Å². The summed E-state index contributed by atoms with van der Waals surface area (Å²) >= 11 is 20.6. The lowest BCUT2D eigenvalue weighted by atomic mass is 9.97. The van der Waals surface area contributed by atoms with Crippen LogP contribution in [0.5, 0.6) is 0 Å². The van der Waals surface area contributed by atoms with Gasteiger partial charge in [-0.1, -0.05) is 88.6 Å². The molecule has 0 aliphatic heterocycles. The molecule has 0 spiro atoms. The van der Waals surface area contributed by atoms with Crippen molar-refractivity contribution in [2.24, 2.45) is 0 Å². The number of hydrogen-bond acceptors (Lipinski definition) is 4. The highest BCUT2D eigenvalue weighted by Crippen LogP contribution is 2.54. The van der Waals surface area contributed by atoms with E-state index in [0.717, 1.165) is 51.1 Å². The van der Waals surface area contributed by atoms with Crippen molar-refractivity contribution in [1.29, 1.82) is 0 Å². The van der Waals surface area contributed by atoms with Gasteiger partial charge in [0.1, 0.15) is 10.7 Å². The molecule has 0 radical (unpaired) electrons. The van der Waals surface area contributed by atoms with Gasteiger partial charge in [0.05, 0.1) is 16.4 Å². The third kappa shape index (κ3) is 3.97. The molecule has 6 rings (SSSR count). The van der Waals surface area contributed by atoms with Crippen molar-refractivity contribution >= 4 is 46.1 Å². The molecule has 2 aromatic heterocycles. The van der Waals surface area contributed by atoms with Crippen molar-refractivity contribution in [1.82, 2.24) is 20.0 Å². The third-order valence-corrected chi connectivity index (χ3v) is 8.42. The van der Waals surface area contributed by atoms with Gasteiger partial charge in [-0.3, -0.25) is 0 Å². The molecule has 3 aromatic carbocycles. The van der Waals surface area contributed by atoms with E-state index in [0.29, 0.717) is 15.1 Å². The molecule has 8 heteroatoms. The number of halogens is 3. The molecule has 4 nitrogen and oxygen atoms in total. The number of aromatic nitrogens is 4. The molecule has 5 aromatic rings. The summed E-state index contributed by atoms with van der Waals surface area (Å²) in [5.41, 5.74) is 5.67. The summed E-state index contributed by atoms with van der Waals surface area (Å²) in [5.74, 6) is 0. The first-order valence-corrected chi connectivity index (χ1v) is 13.1. The minimum Gasteiger partial charge on any atom is -0.231 e. The lowest BCUT2D eigenvalue weighted by molar-refractivity contribution is 0.806. The standard InChI is InChI=1S/C27H19Cl3N4S/c1-16-23(25-31-32-26(35-25)27(13-14-27)18-5-3-2-4-6-18)33-34(22-12-11-20(29)15-21(22)30)24(16)17-7-9-19(28)10-8-17/h2-12,15H,13-14H2,1H3. The smallest absolute Gasteiger partial charge is 0.168 e. The second-order valence-corrected chi connectivity index (χ2v) is 11.0. The Morgan fingerprint density at radius 2 is 1.57 bits per heavy atom. The largest absolute Gasteiger partial charge is 0.231 e. The zero-order chi connectivity index (χ0) is 24.2. The van der Waals surface area contributed by atoms with E-state index < -0.39 is 0 Å². The molecule has 0 amide bonds. The van der Waals surface area contributed by atoms with Crippen molar-refractivity contribution in [2.45, 2.75) is 25.2 Å². The van der Waals surface area contributed by atoms with E-state index in [1.54, 1.807) is 17.4 Å². The van der Waals surface area contributed by atoms with Crippen LogP contribution in [0.4, 0.5) is 0 Å². The highest BCUT2D eigenvalue weighted by Gasteiger charge is 2.49. The van der Waals surface area contributed by atoms with Crippen LogP contribution in [-0.4, -0.2) is 20.0 Å². The van der Waals surface area contributed by atoms with Crippen LogP contribution in [0.15, 0.2) is 72.8 Å². The van der Waals surface area contributed by atoms with Crippen LogP contribution in [0.3, 0.4) is 0 Å². The second kappa shape index (κ2) is 8.75. The lowest BCUT2D eigenvalue weighted by Gasteiger charge is -2.11. The van der Waals surface area contributed by atoms with Gasteiger partial charge in [0.25, 0.3) is 0 Å². The molecule has 0 saturated heterocycles. The number of hydrogen-bond donors (Lipinski definition) is 0. The summed E-state index contributed by atoms with van der Waals surface area (Å²) in [6.45, 7) is 2.05. The summed E-state index contributed by atoms with van der Waals surface area (Å²) < 4.78 is 1.86. The summed E-state index contributed by atoms with van der Waals surface area (Å²) in [7, 11) is 0. The quantitative estimate of drug-likeness (QED) is 0.226. The summed E-state index contributed by atoms with van der Waals surface area (Å²) in [5, 5.41) is 17.8. The minimum atomic E-state index is -0.0356. The monoisotopic (exact) mass is 536 g/mol. The summed E-state index contributed by atoms with van der Waals surface area (Å²) in [4.78, 5) is 0. The topological polar surface area (TPSA) is 43.6 Å². The second-order valence-electron chi connectivity index (χ2n) is 8.70. The fourth-order valence-corrected chi connectivity index (χ4v) is 6.26. The van der Waals surface area contributed by atoms with Gasteiger partial charge >= 0.3 is 0 Å². The number of benzene rings is 3. The van der Waals surface area contributed by atoms with Crippen molar-refractivity contribution in [3.63, 3.8) is 0 Å². The maximum Gasteiger partial charge on any atom is 0.168 e. The zero-order valence-corrected chi connectivity index (χ0v) is 21.8. The Hall–Kier alpha value is -2.70. The van der Waals surface area contributed by atoms with Crippen LogP contribution in [0.25, 0.3) is 27.6 Å². The SMILES string of the molecule is Cc1c(-c2nnc(C3(c4ccccc4)CC3)s2)nn(-c2ccc(Cl)cc2Cl)c1-c1ccc(Cl)cc1. The van der Waals surface area contributed by atoms with Gasteiger partial charge < -0.3 is 0 Å². The van der Waals surface area contributed by atoms with E-state index in [2.05, 4.69) is 41.4 Å². The van der Waals surface area contributed by atoms with Gasteiger partial charge in [-0.15, -0.1) is 10.2 Å². The molecular weight excluding hydrogens is 519 g/mol. The molecule has 0 atom stereocenters. The fourth-order valence-electron chi connectivity index (χ4n) is 4.49. The molecule has 1 fully saturated rings. The molecule has 174 valence electrons. The van der Waals surface area contributed by atoms with Crippen LogP contribution < -0.4 is 0 Å². The van der Waals surface area contributed by atoms with Crippen LogP contribution in [0, 0.1) is 6.92 Å². The van der Waals surface area contributed by atoms with Crippen molar-refractivity contribution < 1.29 is 0 Å². The van der Waals surface area contributed by atoms with E-state index in [4.69, 9.17) is 39.9 Å². The molecule has 0 N–H and O–H groups in total. The predicted octanol–water partition coefficient (Wildman–Crippen LogP) is 8.41. The Morgan fingerprint density at radius 3 is 2.26 bits per heavy atom. The van der Waals surface area contributed by atoms with Gasteiger partial charge in [-0.25, -0.2) is 4.68 Å². The first-order chi connectivity index (χ1) is 17.0. The molecular formula is C27H19Cl3N4S. The highest BCUT2D eigenvalue weighted by molar-refractivity contribution is 7.14. The first-order valence-electron chi connectivity index (χ1n) is 11.2. The van der Waals surface area contributed by atoms with Crippen LogP contribution >= 0.6 is 46.1 Å². The average Bonchev–Trinajstić information content (AvgIpc) is 3.40. The molecule has 0 bridgehead atoms. The highest BCUT2D eigenvalue weighted by atomic mass is 35.5. The van der Waals surface area contributed by atoms with E-state index in [1.807, 2.05) is 47.1 Å². The van der Waals surface area contributed by atoms with Crippen molar-refractivity contribution in [2.75, 3.05) is 0 Å². The van der Waals surface area contributed by atoms with Gasteiger partial charge in [-0.2, -0.15) is 5.10 Å². The Balaban J connectivity index is 1.50. The molecule has 35 heavy (non-hydrogen) atoms. The maximum absolute atomic E-state index is 6.60. The normalized spacial score (nSPS) is 14.3. The minimum absolute atomic E-state index is 0.0356. The van der Waals surface area contributed by atoms with E-state index in [9.17, 15) is 0 Å².